The first-order valence-electron chi connectivity index (χ1n) is 11.7. The summed E-state index contributed by atoms with van der Waals surface area (Å²) in [6.45, 7) is 3.68. The summed E-state index contributed by atoms with van der Waals surface area (Å²) in [4.78, 5) is 52.3. The number of carbonyl (C=O) groups is 1. The Bertz CT molecular complexity index is 1420. The molecule has 0 aromatic carbocycles. The molecule has 5 rings (SSSR count). The summed E-state index contributed by atoms with van der Waals surface area (Å²) in [6.07, 6.45) is 4.33. The second-order valence-electron chi connectivity index (χ2n) is 8.90. The van der Waals surface area contributed by atoms with Crippen molar-refractivity contribution in [2.75, 3.05) is 37.8 Å². The third-order valence-corrected chi connectivity index (χ3v) is 8.79. The number of fused-ring (bicyclic) bond motifs is 3. The number of anilines is 1. The standard InChI is InChI=1S/C23H28N6O4S2/c1-27-19(24)18(22(31)28(2)23(27)32)14(30)12-34-20-17-13-5-3-4-6-15(13)35-21(17)26-16(25-20)11-29-7-9-33-10-8-29/h3-12,24H2,1-2H3. The Kier molecular flexibility index (Phi) is 6.80. The Balaban J connectivity index is 1.49. The van der Waals surface area contributed by atoms with Crippen molar-refractivity contribution in [2.24, 2.45) is 14.1 Å². The predicted molar refractivity (Wildman–Crippen MR) is 137 cm³/mol. The van der Waals surface area contributed by atoms with Gasteiger partial charge in [0.25, 0.3) is 5.56 Å². The minimum atomic E-state index is -0.676. The summed E-state index contributed by atoms with van der Waals surface area (Å²) in [5.74, 6) is 0.183. The first kappa shape index (κ1) is 24.2. The molecule has 0 saturated carbocycles. The monoisotopic (exact) mass is 516 g/mol. The maximum absolute atomic E-state index is 13.1. The van der Waals surface area contributed by atoms with Crippen molar-refractivity contribution in [2.45, 2.75) is 37.3 Å². The van der Waals surface area contributed by atoms with E-state index in [1.807, 2.05) is 0 Å². The largest absolute Gasteiger partial charge is 0.384 e. The topological polar surface area (TPSA) is 125 Å². The molecule has 10 nitrogen and oxygen atoms in total. The number of hydrogen-bond donors (Lipinski definition) is 1. The number of carbonyl (C=O) groups excluding carboxylic acids is 1. The molecule has 1 saturated heterocycles. The summed E-state index contributed by atoms with van der Waals surface area (Å²) < 4.78 is 7.49. The van der Waals surface area contributed by atoms with Gasteiger partial charge in [-0.2, -0.15) is 0 Å². The number of aromatic nitrogens is 4. The minimum Gasteiger partial charge on any atom is -0.384 e. The minimum absolute atomic E-state index is 0.00856. The quantitative estimate of drug-likeness (QED) is 0.294. The van der Waals surface area contributed by atoms with Crippen molar-refractivity contribution in [3.8, 4) is 0 Å². The summed E-state index contributed by atoms with van der Waals surface area (Å²) in [5.41, 5.74) is 5.89. The molecule has 2 aliphatic rings. The molecule has 1 fully saturated rings. The lowest BCUT2D eigenvalue weighted by atomic mass is 9.97. The first-order chi connectivity index (χ1) is 16.8. The van der Waals surface area contributed by atoms with Crippen molar-refractivity contribution < 1.29 is 9.53 Å². The molecular weight excluding hydrogens is 488 g/mol. The van der Waals surface area contributed by atoms with Crippen LogP contribution in [0.5, 0.6) is 0 Å². The molecule has 3 aromatic rings. The smallest absolute Gasteiger partial charge is 0.332 e. The number of nitrogens with zero attached hydrogens (tertiary/aromatic N) is 5. The molecule has 0 amide bonds. The highest BCUT2D eigenvalue weighted by Gasteiger charge is 2.25. The molecule has 1 aliphatic carbocycles. The van der Waals surface area contributed by atoms with Gasteiger partial charge < -0.3 is 10.5 Å². The summed E-state index contributed by atoms with van der Waals surface area (Å²) in [6, 6.07) is 0. The second-order valence-corrected chi connectivity index (χ2v) is 11.0. The molecule has 4 heterocycles. The van der Waals surface area contributed by atoms with Gasteiger partial charge in [0.15, 0.2) is 5.78 Å². The lowest BCUT2D eigenvalue weighted by Gasteiger charge is -2.25. The van der Waals surface area contributed by atoms with E-state index in [1.54, 1.807) is 11.3 Å². The molecule has 3 aromatic heterocycles. The van der Waals surface area contributed by atoms with E-state index >= 15 is 0 Å². The SMILES string of the molecule is Cn1c(N)c(C(=O)CSc2nc(CN3CCOCC3)nc3sc4c(c23)CCCC4)c(=O)n(C)c1=O. The van der Waals surface area contributed by atoms with Gasteiger partial charge in [0.2, 0.25) is 0 Å². The van der Waals surface area contributed by atoms with Crippen LogP contribution in [0.2, 0.25) is 0 Å². The fraction of sp³-hybridized carbons (Fsp3) is 0.522. The van der Waals surface area contributed by atoms with Gasteiger partial charge in [0, 0.05) is 37.4 Å². The zero-order valence-electron chi connectivity index (χ0n) is 19.8. The van der Waals surface area contributed by atoms with E-state index in [2.05, 4.69) is 4.90 Å². The third kappa shape index (κ3) is 4.55. The van der Waals surface area contributed by atoms with Crippen LogP contribution >= 0.6 is 23.1 Å². The highest BCUT2D eigenvalue weighted by atomic mass is 32.2. The first-order valence-corrected chi connectivity index (χ1v) is 13.5. The van der Waals surface area contributed by atoms with Gasteiger partial charge in [-0.05, 0) is 31.2 Å². The van der Waals surface area contributed by atoms with Crippen LogP contribution in [-0.2, 0) is 38.2 Å². The van der Waals surface area contributed by atoms with E-state index in [4.69, 9.17) is 20.4 Å². The van der Waals surface area contributed by atoms with Gasteiger partial charge in [-0.25, -0.2) is 14.8 Å². The van der Waals surface area contributed by atoms with E-state index in [-0.39, 0.29) is 17.1 Å². The molecule has 35 heavy (non-hydrogen) atoms. The van der Waals surface area contributed by atoms with E-state index in [0.717, 1.165) is 62.6 Å². The average molecular weight is 517 g/mol. The number of thioether (sulfide) groups is 1. The zero-order valence-corrected chi connectivity index (χ0v) is 21.5. The van der Waals surface area contributed by atoms with Crippen LogP contribution in [-0.4, -0.2) is 61.8 Å². The number of ketones is 1. The number of morpholine rings is 1. The van der Waals surface area contributed by atoms with Crippen molar-refractivity contribution in [3.05, 3.63) is 42.7 Å². The van der Waals surface area contributed by atoms with Crippen LogP contribution in [0.15, 0.2) is 14.6 Å². The Morgan fingerprint density at radius 1 is 1.11 bits per heavy atom. The van der Waals surface area contributed by atoms with Crippen molar-refractivity contribution in [1.82, 2.24) is 24.0 Å². The maximum atomic E-state index is 13.1. The lowest BCUT2D eigenvalue weighted by molar-refractivity contribution is 0.0330. The zero-order chi connectivity index (χ0) is 24.7. The van der Waals surface area contributed by atoms with Crippen LogP contribution in [0.25, 0.3) is 10.2 Å². The normalized spacial score (nSPS) is 16.5. The Morgan fingerprint density at radius 3 is 2.63 bits per heavy atom. The fourth-order valence-electron chi connectivity index (χ4n) is 4.63. The Morgan fingerprint density at radius 2 is 1.86 bits per heavy atom. The molecule has 0 unspecified atom stereocenters. The molecule has 0 bridgehead atoms. The van der Waals surface area contributed by atoms with Gasteiger partial charge in [-0.1, -0.05) is 11.8 Å². The molecule has 0 radical (unpaired) electrons. The molecule has 0 spiro atoms. The van der Waals surface area contributed by atoms with Crippen LogP contribution in [0.3, 0.4) is 0 Å². The fourth-order valence-corrected chi connectivity index (χ4v) is 6.92. The summed E-state index contributed by atoms with van der Waals surface area (Å²) in [7, 11) is 2.79. The number of Topliss-reactive ketones (excluding diaryl/α,β-unsaturated/α-hetero) is 1. The second kappa shape index (κ2) is 9.84. The number of thiophene rings is 1. The number of nitrogen functional groups attached to an aromatic ring is 1. The van der Waals surface area contributed by atoms with Crippen LogP contribution in [0.1, 0.15) is 39.5 Å². The molecular formula is C23H28N6O4S2. The van der Waals surface area contributed by atoms with E-state index in [9.17, 15) is 14.4 Å². The van der Waals surface area contributed by atoms with Crippen molar-refractivity contribution >= 4 is 44.9 Å². The van der Waals surface area contributed by atoms with Gasteiger partial charge >= 0.3 is 5.69 Å². The number of aryl methyl sites for hydroxylation is 2. The average Bonchev–Trinajstić information content (AvgIpc) is 3.24. The van der Waals surface area contributed by atoms with E-state index < -0.39 is 17.0 Å². The van der Waals surface area contributed by atoms with Crippen LogP contribution < -0.4 is 17.0 Å². The Labute approximate surface area is 210 Å². The third-order valence-electron chi connectivity index (χ3n) is 6.63. The number of rotatable bonds is 6. The number of hydrogen-bond acceptors (Lipinski definition) is 10. The van der Waals surface area contributed by atoms with E-state index in [0.29, 0.717) is 19.8 Å². The predicted octanol–water partition coefficient (Wildman–Crippen LogP) is 1.36. The molecule has 0 atom stereocenters. The molecule has 2 N–H and O–H groups in total. The van der Waals surface area contributed by atoms with Gasteiger partial charge in [-0.3, -0.25) is 23.6 Å². The summed E-state index contributed by atoms with van der Waals surface area (Å²) >= 11 is 3.04. The van der Waals surface area contributed by atoms with Crippen LogP contribution in [0, 0.1) is 0 Å². The van der Waals surface area contributed by atoms with E-state index in [1.165, 1.54) is 42.7 Å². The van der Waals surface area contributed by atoms with Gasteiger partial charge in [0.05, 0.1) is 25.5 Å². The maximum Gasteiger partial charge on any atom is 0.332 e. The number of ether oxygens (including phenoxy) is 1. The molecule has 186 valence electrons. The van der Waals surface area contributed by atoms with Crippen molar-refractivity contribution in [3.63, 3.8) is 0 Å². The van der Waals surface area contributed by atoms with Gasteiger partial charge in [-0.15, -0.1) is 11.3 Å². The molecule has 12 heteroatoms. The number of nitrogens with two attached hydrogens (primary N) is 1. The van der Waals surface area contributed by atoms with Crippen LogP contribution in [0.4, 0.5) is 5.82 Å². The molecule has 1 aliphatic heterocycles. The lowest BCUT2D eigenvalue weighted by Crippen LogP contribution is -2.41. The highest BCUT2D eigenvalue weighted by molar-refractivity contribution is 8.00. The highest BCUT2D eigenvalue weighted by Crippen LogP contribution is 2.40. The van der Waals surface area contributed by atoms with Gasteiger partial charge in [0.1, 0.15) is 27.1 Å². The van der Waals surface area contributed by atoms with Crippen molar-refractivity contribution in [1.29, 1.82) is 0 Å². The summed E-state index contributed by atoms with van der Waals surface area (Å²) in [5, 5.41) is 1.81. The Hall–Kier alpha value is -2.54.